The van der Waals surface area contributed by atoms with Crippen LogP contribution in [0.25, 0.3) is 0 Å². The molecule has 2 aromatic heterocycles. The van der Waals surface area contributed by atoms with Crippen LogP contribution in [-0.4, -0.2) is 37.1 Å². The highest BCUT2D eigenvalue weighted by Crippen LogP contribution is 2.27. The van der Waals surface area contributed by atoms with E-state index in [1.165, 1.54) is 5.56 Å². The largest absolute Gasteiger partial charge is 0.347 e. The molecule has 0 saturated carbocycles. The molecule has 3 heterocycles. The van der Waals surface area contributed by atoms with E-state index in [2.05, 4.69) is 24.8 Å². The second-order valence-corrected chi connectivity index (χ2v) is 5.55. The van der Waals surface area contributed by atoms with Crippen LogP contribution in [-0.2, 0) is 26.6 Å². The molecule has 1 atom stereocenters. The molecule has 0 aromatic carbocycles. The van der Waals surface area contributed by atoms with Crippen molar-refractivity contribution in [2.75, 3.05) is 11.4 Å². The Bertz CT molecular complexity index is 610. The summed E-state index contributed by atoms with van der Waals surface area (Å²) in [5, 5.41) is 12.7. The summed E-state index contributed by atoms with van der Waals surface area (Å²) in [5.74, 6) is 2.16. The number of anilines is 1. The normalized spacial score (nSPS) is 16.3. The molecule has 0 amide bonds. The Morgan fingerprint density at radius 3 is 2.95 bits per heavy atom. The molecule has 3 rings (SSSR count). The number of rotatable bonds is 3. The van der Waals surface area contributed by atoms with Gasteiger partial charge in [0.05, 0.1) is 12.2 Å². The van der Waals surface area contributed by atoms with Crippen molar-refractivity contribution in [3.05, 3.63) is 23.4 Å². The first-order valence-electron chi connectivity index (χ1n) is 6.96. The van der Waals surface area contributed by atoms with Gasteiger partial charge < -0.3 is 15.2 Å². The van der Waals surface area contributed by atoms with E-state index in [1.807, 2.05) is 25.6 Å². The molecule has 0 fully saturated rings. The number of nitrogens with zero attached hydrogens (tertiary/aromatic N) is 6. The first kappa shape index (κ1) is 13.1. The number of hydrogen-bond donors (Lipinski definition) is 1. The third kappa shape index (κ3) is 2.18. The number of hydrogen-bond acceptors (Lipinski definition) is 5. The Hall–Kier alpha value is -1.89. The first-order chi connectivity index (χ1) is 9.56. The molecule has 1 aliphatic heterocycles. The molecule has 7 heteroatoms. The van der Waals surface area contributed by atoms with Gasteiger partial charge in [-0.15, -0.1) is 10.2 Å². The van der Waals surface area contributed by atoms with E-state index in [4.69, 9.17) is 5.73 Å². The zero-order valence-corrected chi connectivity index (χ0v) is 12.2. The first-order valence-corrected chi connectivity index (χ1v) is 6.96. The van der Waals surface area contributed by atoms with E-state index in [0.29, 0.717) is 0 Å². The maximum absolute atomic E-state index is 5.98. The van der Waals surface area contributed by atoms with Crippen LogP contribution in [0.4, 0.5) is 5.82 Å². The Morgan fingerprint density at radius 1 is 1.40 bits per heavy atom. The van der Waals surface area contributed by atoms with Crippen LogP contribution >= 0.6 is 0 Å². The summed E-state index contributed by atoms with van der Waals surface area (Å²) in [6.07, 6.45) is 2.64. The van der Waals surface area contributed by atoms with Gasteiger partial charge in [0, 0.05) is 31.7 Å². The molecule has 0 saturated heterocycles. The van der Waals surface area contributed by atoms with Crippen LogP contribution in [0.2, 0.25) is 0 Å². The predicted molar refractivity (Wildman–Crippen MR) is 76.4 cm³/mol. The minimum atomic E-state index is 0.130. The van der Waals surface area contributed by atoms with Gasteiger partial charge in [0.1, 0.15) is 12.1 Å². The van der Waals surface area contributed by atoms with E-state index in [-0.39, 0.29) is 6.04 Å². The molecule has 2 N–H and O–H groups in total. The lowest BCUT2D eigenvalue weighted by Gasteiger charge is -2.30. The molecule has 20 heavy (non-hydrogen) atoms. The van der Waals surface area contributed by atoms with Gasteiger partial charge >= 0.3 is 0 Å². The van der Waals surface area contributed by atoms with E-state index in [0.717, 1.165) is 43.4 Å². The van der Waals surface area contributed by atoms with Gasteiger partial charge in [-0.2, -0.15) is 5.10 Å². The monoisotopic (exact) mass is 275 g/mol. The van der Waals surface area contributed by atoms with Crippen LogP contribution in [0.15, 0.2) is 6.33 Å². The Morgan fingerprint density at radius 2 is 2.20 bits per heavy atom. The summed E-state index contributed by atoms with van der Waals surface area (Å²) >= 11 is 0. The van der Waals surface area contributed by atoms with Crippen molar-refractivity contribution in [3.8, 4) is 0 Å². The van der Waals surface area contributed by atoms with Crippen molar-refractivity contribution in [2.24, 2.45) is 12.8 Å². The van der Waals surface area contributed by atoms with Gasteiger partial charge in [-0.05, 0) is 20.3 Å². The molecule has 1 unspecified atom stereocenters. The lowest BCUT2D eigenvalue weighted by molar-refractivity contribution is 0.544. The maximum atomic E-state index is 5.98. The third-order valence-corrected chi connectivity index (χ3v) is 3.78. The third-order valence-electron chi connectivity index (χ3n) is 3.78. The topological polar surface area (TPSA) is 77.8 Å². The van der Waals surface area contributed by atoms with Crippen molar-refractivity contribution in [3.63, 3.8) is 0 Å². The molecule has 0 radical (unpaired) electrons. The van der Waals surface area contributed by atoms with Gasteiger partial charge in [0.2, 0.25) is 0 Å². The average Bonchev–Trinajstić information content (AvgIpc) is 2.93. The fraction of sp³-hybridized carbons (Fsp3) is 0.615. The fourth-order valence-electron chi connectivity index (χ4n) is 2.89. The zero-order chi connectivity index (χ0) is 14.3. The Balaban J connectivity index is 1.94. The van der Waals surface area contributed by atoms with Crippen molar-refractivity contribution < 1.29 is 0 Å². The van der Waals surface area contributed by atoms with E-state index in [9.17, 15) is 0 Å². The quantitative estimate of drug-likeness (QED) is 0.867. The Labute approximate surface area is 118 Å². The summed E-state index contributed by atoms with van der Waals surface area (Å²) in [5.41, 5.74) is 8.29. The lowest BCUT2D eigenvalue weighted by Crippen LogP contribution is -2.35. The molecule has 0 bridgehead atoms. The van der Waals surface area contributed by atoms with Crippen molar-refractivity contribution in [1.82, 2.24) is 24.5 Å². The highest BCUT2D eigenvalue weighted by Gasteiger charge is 2.24. The number of fused-ring (bicyclic) bond motifs is 1. The number of nitrogens with two attached hydrogens (primary N) is 1. The molecule has 2 aromatic rings. The molecule has 1 aliphatic rings. The van der Waals surface area contributed by atoms with Crippen molar-refractivity contribution >= 4 is 5.82 Å². The highest BCUT2D eigenvalue weighted by molar-refractivity contribution is 5.51. The zero-order valence-electron chi connectivity index (χ0n) is 12.2. The second kappa shape index (κ2) is 4.90. The number of aromatic nitrogens is 5. The molecule has 108 valence electrons. The standard InChI is InChI=1S/C13H21N7/c1-9(14)6-11-10(2)17-18(3)13(11)19-4-5-20-8-15-16-12(20)7-19/h8-9H,4-7,14H2,1-3H3. The summed E-state index contributed by atoms with van der Waals surface area (Å²) in [7, 11) is 1.99. The van der Waals surface area contributed by atoms with Crippen LogP contribution in [0.5, 0.6) is 0 Å². The van der Waals surface area contributed by atoms with Crippen LogP contribution in [0.3, 0.4) is 0 Å². The van der Waals surface area contributed by atoms with Crippen molar-refractivity contribution in [2.45, 2.75) is 39.4 Å². The molecular formula is C13H21N7. The van der Waals surface area contributed by atoms with E-state index in [1.54, 1.807) is 6.33 Å². The number of aryl methyl sites for hydroxylation is 2. The maximum Gasteiger partial charge on any atom is 0.152 e. The summed E-state index contributed by atoms with van der Waals surface area (Å²) < 4.78 is 4.06. The summed E-state index contributed by atoms with van der Waals surface area (Å²) in [6.45, 7) is 6.70. The minimum absolute atomic E-state index is 0.130. The fourth-order valence-corrected chi connectivity index (χ4v) is 2.89. The molecular weight excluding hydrogens is 254 g/mol. The van der Waals surface area contributed by atoms with Crippen LogP contribution in [0.1, 0.15) is 24.0 Å². The average molecular weight is 275 g/mol. The molecule has 0 spiro atoms. The summed E-state index contributed by atoms with van der Waals surface area (Å²) in [6, 6.07) is 0.130. The van der Waals surface area contributed by atoms with E-state index >= 15 is 0 Å². The Kier molecular flexibility index (Phi) is 3.21. The van der Waals surface area contributed by atoms with Gasteiger partial charge in [-0.25, -0.2) is 0 Å². The predicted octanol–water partition coefficient (Wildman–Crippen LogP) is 0.230. The minimum Gasteiger partial charge on any atom is -0.347 e. The van der Waals surface area contributed by atoms with E-state index < -0.39 is 0 Å². The van der Waals surface area contributed by atoms with Gasteiger partial charge in [0.25, 0.3) is 0 Å². The lowest BCUT2D eigenvalue weighted by atomic mass is 10.1. The van der Waals surface area contributed by atoms with Crippen LogP contribution < -0.4 is 10.6 Å². The van der Waals surface area contributed by atoms with Gasteiger partial charge in [-0.3, -0.25) is 4.68 Å². The molecule has 0 aliphatic carbocycles. The SMILES string of the molecule is Cc1nn(C)c(N2CCn3cnnc3C2)c1CC(C)N. The highest BCUT2D eigenvalue weighted by atomic mass is 15.4. The smallest absolute Gasteiger partial charge is 0.152 e. The van der Waals surface area contributed by atoms with Crippen molar-refractivity contribution in [1.29, 1.82) is 0 Å². The summed E-state index contributed by atoms with van der Waals surface area (Å²) in [4.78, 5) is 2.32. The molecule has 7 nitrogen and oxygen atoms in total. The van der Waals surface area contributed by atoms with Gasteiger partial charge in [-0.1, -0.05) is 0 Å². The van der Waals surface area contributed by atoms with Gasteiger partial charge in [0.15, 0.2) is 5.82 Å². The van der Waals surface area contributed by atoms with Crippen LogP contribution in [0, 0.1) is 6.92 Å². The second-order valence-electron chi connectivity index (χ2n) is 5.55.